The zero-order valence-electron chi connectivity index (χ0n) is 8.45. The third-order valence-corrected chi connectivity index (χ3v) is 3.70. The second kappa shape index (κ2) is 3.97. The summed E-state index contributed by atoms with van der Waals surface area (Å²) in [5, 5.41) is -0.0994. The fourth-order valence-electron chi connectivity index (χ4n) is 1.21. The Labute approximate surface area is 92.6 Å². The minimum absolute atomic E-state index is 0.0994. The summed E-state index contributed by atoms with van der Waals surface area (Å²) >= 11 is 0. The first-order valence-electron chi connectivity index (χ1n) is 4.42. The Hall–Kier alpha value is -1.82. The third kappa shape index (κ3) is 1.79. The Bertz CT molecular complexity index is 557. The van der Waals surface area contributed by atoms with Crippen LogP contribution in [0.25, 0.3) is 0 Å². The monoisotopic (exact) mass is 239 g/mol. The Morgan fingerprint density at radius 2 is 1.94 bits per heavy atom. The molecule has 2 aromatic rings. The van der Waals surface area contributed by atoms with Crippen LogP contribution in [0.4, 0.5) is 0 Å². The van der Waals surface area contributed by atoms with Gasteiger partial charge in [-0.25, -0.2) is 13.4 Å². The van der Waals surface area contributed by atoms with E-state index in [9.17, 15) is 8.42 Å². The molecule has 1 heterocycles. The van der Waals surface area contributed by atoms with Gasteiger partial charge in [-0.2, -0.15) is 0 Å². The Balaban J connectivity index is 2.44. The maximum Gasteiger partial charge on any atom is 0.227 e. The van der Waals surface area contributed by atoms with Crippen molar-refractivity contribution in [2.75, 3.05) is 7.11 Å². The predicted molar refractivity (Wildman–Crippen MR) is 54.9 cm³/mol. The van der Waals surface area contributed by atoms with Gasteiger partial charge in [0.2, 0.25) is 9.84 Å². The number of hydrogen-bond donors (Lipinski definition) is 0. The molecule has 0 amide bonds. The zero-order chi connectivity index (χ0) is 11.6. The number of hydrogen-bond acceptors (Lipinski definition) is 5. The first-order chi connectivity index (χ1) is 7.64. The molecule has 84 valence electrons. The molecule has 0 aliphatic heterocycles. The van der Waals surface area contributed by atoms with Gasteiger partial charge in [0, 0.05) is 0 Å². The van der Waals surface area contributed by atoms with E-state index in [4.69, 9.17) is 4.74 Å². The van der Waals surface area contributed by atoms with E-state index in [0.717, 1.165) is 12.7 Å². The maximum absolute atomic E-state index is 11.9. The van der Waals surface area contributed by atoms with Crippen molar-refractivity contribution in [3.8, 4) is 5.75 Å². The average molecular weight is 239 g/mol. The summed E-state index contributed by atoms with van der Waals surface area (Å²) < 4.78 is 33.5. The average Bonchev–Trinajstić information content (AvgIpc) is 2.83. The molecule has 0 saturated heterocycles. The molecule has 16 heavy (non-hydrogen) atoms. The predicted octanol–water partition coefficient (Wildman–Crippen LogP) is 1.52. The number of ether oxygens (including phenoxy) is 1. The van der Waals surface area contributed by atoms with Gasteiger partial charge in [-0.1, -0.05) is 0 Å². The molecule has 0 spiro atoms. The third-order valence-electron chi connectivity index (χ3n) is 2.05. The Kier molecular flexibility index (Phi) is 2.66. The molecule has 0 aliphatic rings. The highest BCUT2D eigenvalue weighted by atomic mass is 32.2. The lowest BCUT2D eigenvalue weighted by atomic mass is 10.3. The molecule has 0 aliphatic carbocycles. The molecule has 5 nitrogen and oxygen atoms in total. The van der Waals surface area contributed by atoms with Crippen molar-refractivity contribution in [2.24, 2.45) is 0 Å². The summed E-state index contributed by atoms with van der Waals surface area (Å²) in [5.41, 5.74) is 0. The normalized spacial score (nSPS) is 11.3. The summed E-state index contributed by atoms with van der Waals surface area (Å²) in [4.78, 5) is 3.78. The van der Waals surface area contributed by atoms with Crippen LogP contribution in [-0.4, -0.2) is 20.5 Å². The Morgan fingerprint density at radius 1 is 1.25 bits per heavy atom. The van der Waals surface area contributed by atoms with Gasteiger partial charge < -0.3 is 9.15 Å². The number of rotatable bonds is 3. The lowest BCUT2D eigenvalue weighted by Crippen LogP contribution is -2.01. The minimum Gasteiger partial charge on any atom is -0.497 e. The second-order valence-electron chi connectivity index (χ2n) is 3.01. The van der Waals surface area contributed by atoms with Crippen LogP contribution in [0.5, 0.6) is 5.75 Å². The van der Waals surface area contributed by atoms with E-state index in [-0.39, 0.29) is 9.92 Å². The van der Waals surface area contributed by atoms with Crippen LogP contribution in [-0.2, 0) is 9.84 Å². The number of benzene rings is 1. The van der Waals surface area contributed by atoms with Gasteiger partial charge in [0.1, 0.15) is 12.0 Å². The Morgan fingerprint density at radius 3 is 2.44 bits per heavy atom. The lowest BCUT2D eigenvalue weighted by Gasteiger charge is -2.02. The number of aromatic nitrogens is 1. The molecule has 6 heteroatoms. The molecule has 1 aromatic carbocycles. The van der Waals surface area contributed by atoms with Gasteiger partial charge in [0.05, 0.1) is 12.0 Å². The van der Waals surface area contributed by atoms with Crippen LogP contribution in [0, 0.1) is 0 Å². The van der Waals surface area contributed by atoms with Crippen LogP contribution in [0.15, 0.2) is 51.3 Å². The van der Waals surface area contributed by atoms with Crippen molar-refractivity contribution in [1.29, 1.82) is 0 Å². The highest BCUT2D eigenvalue weighted by Gasteiger charge is 2.20. The van der Waals surface area contributed by atoms with E-state index >= 15 is 0 Å². The van der Waals surface area contributed by atoms with E-state index in [2.05, 4.69) is 9.40 Å². The molecule has 0 bridgehead atoms. The first kappa shape index (κ1) is 10.7. The quantitative estimate of drug-likeness (QED) is 0.812. The molecule has 0 atom stereocenters. The molecule has 0 saturated carbocycles. The molecule has 1 aromatic heterocycles. The molecule has 0 fully saturated rings. The maximum atomic E-state index is 11.9. The van der Waals surface area contributed by atoms with Crippen molar-refractivity contribution in [3.63, 3.8) is 0 Å². The summed E-state index contributed by atoms with van der Waals surface area (Å²) in [5.74, 6) is 0.596. The highest BCUT2D eigenvalue weighted by molar-refractivity contribution is 7.91. The van der Waals surface area contributed by atoms with Gasteiger partial charge in [0.25, 0.3) is 0 Å². The van der Waals surface area contributed by atoms with Crippen LogP contribution in [0.3, 0.4) is 0 Å². The van der Waals surface area contributed by atoms with Crippen LogP contribution < -0.4 is 4.74 Å². The van der Waals surface area contributed by atoms with Crippen LogP contribution >= 0.6 is 0 Å². The lowest BCUT2D eigenvalue weighted by molar-refractivity contribution is 0.414. The topological polar surface area (TPSA) is 69.4 Å². The van der Waals surface area contributed by atoms with Crippen molar-refractivity contribution in [2.45, 2.75) is 9.92 Å². The number of nitrogens with zero attached hydrogens (tertiary/aromatic N) is 1. The summed E-state index contributed by atoms with van der Waals surface area (Å²) in [6.07, 6.45) is 2.18. The fraction of sp³-hybridized carbons (Fsp3) is 0.100. The van der Waals surface area contributed by atoms with Crippen molar-refractivity contribution < 1.29 is 17.6 Å². The van der Waals surface area contributed by atoms with Gasteiger partial charge in [-0.15, -0.1) is 0 Å². The highest BCUT2D eigenvalue weighted by Crippen LogP contribution is 2.21. The number of oxazole rings is 1. The minimum atomic E-state index is -3.58. The summed E-state index contributed by atoms with van der Waals surface area (Å²) in [6, 6.07) is 6.08. The van der Waals surface area contributed by atoms with Gasteiger partial charge in [-0.05, 0) is 24.3 Å². The van der Waals surface area contributed by atoms with Crippen molar-refractivity contribution >= 4 is 9.84 Å². The molecular formula is C10H9NO4S. The zero-order valence-corrected chi connectivity index (χ0v) is 9.27. The van der Waals surface area contributed by atoms with E-state index in [1.54, 1.807) is 12.1 Å². The number of sulfone groups is 1. The van der Waals surface area contributed by atoms with E-state index in [0.29, 0.717) is 5.75 Å². The molecule has 0 N–H and O–H groups in total. The second-order valence-corrected chi connectivity index (χ2v) is 4.90. The van der Waals surface area contributed by atoms with Crippen LogP contribution in [0.2, 0.25) is 0 Å². The molecular weight excluding hydrogens is 230 g/mol. The van der Waals surface area contributed by atoms with Crippen molar-refractivity contribution in [3.05, 3.63) is 36.9 Å². The van der Waals surface area contributed by atoms with E-state index in [1.807, 2.05) is 0 Å². The summed E-state index contributed by atoms with van der Waals surface area (Å²) in [7, 11) is -2.07. The van der Waals surface area contributed by atoms with E-state index in [1.165, 1.54) is 19.2 Å². The molecule has 0 radical (unpaired) electrons. The van der Waals surface area contributed by atoms with E-state index < -0.39 is 9.84 Å². The van der Waals surface area contributed by atoms with Crippen molar-refractivity contribution in [1.82, 2.24) is 4.98 Å². The number of methoxy groups -OCH3 is 1. The fourth-order valence-corrected chi connectivity index (χ4v) is 2.31. The van der Waals surface area contributed by atoms with Gasteiger partial charge in [-0.3, -0.25) is 0 Å². The molecule has 2 rings (SSSR count). The molecule has 0 unspecified atom stereocenters. The summed E-state index contributed by atoms with van der Waals surface area (Å²) in [6.45, 7) is 0. The van der Waals surface area contributed by atoms with Crippen LogP contribution in [0.1, 0.15) is 0 Å². The largest absolute Gasteiger partial charge is 0.497 e. The first-order valence-corrected chi connectivity index (χ1v) is 5.90. The SMILES string of the molecule is COc1ccc(S(=O)(=O)c2cocn2)cc1. The van der Waals surface area contributed by atoms with Gasteiger partial charge in [0.15, 0.2) is 11.4 Å². The smallest absolute Gasteiger partial charge is 0.227 e. The standard InChI is InChI=1S/C10H9NO4S/c1-14-8-2-4-9(5-3-8)16(12,13)10-6-15-7-11-10/h2-7H,1H3. The van der Waals surface area contributed by atoms with Gasteiger partial charge >= 0.3 is 0 Å².